The van der Waals surface area contributed by atoms with Crippen LogP contribution in [-0.2, 0) is 0 Å². The molecule has 0 saturated carbocycles. The fourth-order valence-electron chi connectivity index (χ4n) is 4.32. The minimum absolute atomic E-state index is 0.0336. The number of likely N-dealkylation sites (tertiary alicyclic amines) is 1. The summed E-state index contributed by atoms with van der Waals surface area (Å²) in [5.41, 5.74) is -2.88. The topological polar surface area (TPSA) is 65.6 Å². The van der Waals surface area contributed by atoms with E-state index in [4.69, 9.17) is 4.74 Å². The maximum atomic E-state index is 14.7. The lowest BCUT2D eigenvalue weighted by atomic mass is 10.0. The Morgan fingerprint density at radius 1 is 1.26 bits per heavy atom. The van der Waals surface area contributed by atoms with Crippen molar-refractivity contribution in [3.8, 4) is 17.6 Å². The van der Waals surface area contributed by atoms with Gasteiger partial charge in [-0.2, -0.15) is 13.2 Å². The van der Waals surface area contributed by atoms with Crippen LogP contribution in [0.4, 0.5) is 28.9 Å². The number of alkyl halides is 4. The van der Waals surface area contributed by atoms with Gasteiger partial charge in [0.15, 0.2) is 0 Å². The molecule has 1 amide bonds. The summed E-state index contributed by atoms with van der Waals surface area (Å²) in [6.07, 6.45) is -0.495. The number of nitrogens with one attached hydrogen (secondary N) is 3. The van der Waals surface area contributed by atoms with Crippen LogP contribution < -0.4 is 20.7 Å². The first-order chi connectivity index (χ1) is 18.6. The van der Waals surface area contributed by atoms with Crippen molar-refractivity contribution < 1.29 is 27.1 Å². The van der Waals surface area contributed by atoms with E-state index in [1.165, 1.54) is 14.2 Å². The smallest absolute Gasteiger partial charge is 0.446 e. The van der Waals surface area contributed by atoms with Crippen LogP contribution in [0, 0.1) is 11.8 Å². The van der Waals surface area contributed by atoms with Crippen molar-refractivity contribution in [2.24, 2.45) is 0 Å². The van der Waals surface area contributed by atoms with Gasteiger partial charge in [-0.25, -0.2) is 4.39 Å². The van der Waals surface area contributed by atoms with E-state index >= 15 is 0 Å². The van der Waals surface area contributed by atoms with Crippen LogP contribution >= 0.6 is 23.1 Å². The summed E-state index contributed by atoms with van der Waals surface area (Å²) in [6, 6.07) is 9.54. The molecule has 1 aliphatic heterocycles. The van der Waals surface area contributed by atoms with Crippen LogP contribution in [0.1, 0.15) is 21.7 Å². The van der Waals surface area contributed by atoms with E-state index in [-0.39, 0.29) is 34.0 Å². The van der Waals surface area contributed by atoms with E-state index in [9.17, 15) is 22.4 Å². The number of nitrogens with zero attached hydrogens (tertiary/aromatic N) is 1. The first kappa shape index (κ1) is 28.9. The molecule has 0 aliphatic carbocycles. The van der Waals surface area contributed by atoms with Gasteiger partial charge >= 0.3 is 5.51 Å². The number of thiophene rings is 1. The first-order valence-corrected chi connectivity index (χ1v) is 13.8. The summed E-state index contributed by atoms with van der Waals surface area (Å²) in [5.74, 6) is 5.96. The van der Waals surface area contributed by atoms with Crippen molar-refractivity contribution >= 4 is 50.5 Å². The lowest BCUT2D eigenvalue weighted by molar-refractivity contribution is -0.0327. The summed E-state index contributed by atoms with van der Waals surface area (Å²) >= 11 is 0.964. The maximum Gasteiger partial charge on any atom is 0.446 e. The van der Waals surface area contributed by atoms with E-state index in [2.05, 4.69) is 27.8 Å². The van der Waals surface area contributed by atoms with Gasteiger partial charge in [0.1, 0.15) is 11.9 Å². The lowest BCUT2D eigenvalue weighted by Crippen LogP contribution is -2.46. The Hall–Kier alpha value is -3.14. The number of amides is 1. The second-order valence-corrected chi connectivity index (χ2v) is 11.1. The van der Waals surface area contributed by atoms with Crippen molar-refractivity contribution in [1.29, 1.82) is 0 Å². The van der Waals surface area contributed by atoms with Gasteiger partial charge in [-0.1, -0.05) is 24.0 Å². The summed E-state index contributed by atoms with van der Waals surface area (Å²) in [4.78, 5) is 14.1. The molecule has 0 unspecified atom stereocenters. The SMILES string of the molecule is CNC(=O)c1ccc(NCC#Cc2sc3c(N[C@@H]4CCN(C)C[C@@H]4F)cccc3c2SC(F)(F)F)c(OC)c1. The fraction of sp³-hybridized carbons (Fsp3) is 0.370. The van der Waals surface area contributed by atoms with Gasteiger partial charge in [0.2, 0.25) is 0 Å². The Morgan fingerprint density at radius 2 is 2.05 bits per heavy atom. The van der Waals surface area contributed by atoms with E-state index in [1.54, 1.807) is 36.4 Å². The predicted molar refractivity (Wildman–Crippen MR) is 150 cm³/mol. The van der Waals surface area contributed by atoms with Crippen molar-refractivity contribution in [2.75, 3.05) is 51.5 Å². The van der Waals surface area contributed by atoms with Gasteiger partial charge in [0, 0.05) is 31.1 Å². The Labute approximate surface area is 232 Å². The van der Waals surface area contributed by atoms with Crippen LogP contribution in [0.2, 0.25) is 0 Å². The zero-order chi connectivity index (χ0) is 28.2. The van der Waals surface area contributed by atoms with Gasteiger partial charge < -0.3 is 25.6 Å². The second kappa shape index (κ2) is 12.4. The van der Waals surface area contributed by atoms with Gasteiger partial charge in [0.25, 0.3) is 5.91 Å². The number of fused-ring (bicyclic) bond motifs is 1. The van der Waals surface area contributed by atoms with E-state index < -0.39 is 17.7 Å². The number of methoxy groups -OCH3 is 1. The van der Waals surface area contributed by atoms with Crippen molar-refractivity contribution in [1.82, 2.24) is 10.2 Å². The molecule has 208 valence electrons. The molecule has 0 bridgehead atoms. The molecule has 3 N–H and O–H groups in total. The Kier molecular flexibility index (Phi) is 9.15. The molecule has 4 rings (SSSR count). The molecule has 1 aliphatic rings. The molecule has 1 fully saturated rings. The van der Waals surface area contributed by atoms with Crippen LogP contribution in [0.15, 0.2) is 41.3 Å². The molecule has 2 atom stereocenters. The third kappa shape index (κ3) is 7.09. The third-order valence-electron chi connectivity index (χ3n) is 6.23. The molecule has 2 heterocycles. The average Bonchev–Trinajstić information content (AvgIpc) is 3.24. The third-order valence-corrected chi connectivity index (χ3v) is 8.38. The second-order valence-electron chi connectivity index (χ2n) is 8.96. The fourth-order valence-corrected chi connectivity index (χ4v) is 6.33. The number of hydrogen-bond acceptors (Lipinski definition) is 7. The van der Waals surface area contributed by atoms with Gasteiger partial charge in [-0.15, -0.1) is 11.3 Å². The zero-order valence-electron chi connectivity index (χ0n) is 21.5. The van der Waals surface area contributed by atoms with Gasteiger partial charge in [-0.3, -0.25) is 4.79 Å². The number of rotatable bonds is 7. The zero-order valence-corrected chi connectivity index (χ0v) is 23.2. The van der Waals surface area contributed by atoms with E-state index in [0.29, 0.717) is 45.7 Å². The number of anilines is 2. The number of carbonyl (C=O) groups excluding carboxylic acids is 1. The summed E-state index contributed by atoms with van der Waals surface area (Å²) < 4.78 is 61.1. The highest BCUT2D eigenvalue weighted by atomic mass is 32.2. The Bertz CT molecular complexity index is 1400. The van der Waals surface area contributed by atoms with Crippen LogP contribution in [0.3, 0.4) is 0 Å². The molecular weight excluding hydrogens is 552 g/mol. The highest BCUT2D eigenvalue weighted by Crippen LogP contribution is 2.47. The number of benzene rings is 2. The number of carbonyl (C=O) groups is 1. The highest BCUT2D eigenvalue weighted by Gasteiger charge is 2.33. The standard InChI is InChI=1S/C27H28F4N4O2S2/c1-32-26(36)16-9-10-20(22(14-16)37-3)33-12-5-8-23-25(39-27(29,30)31)17-6-4-7-21(24(17)38-23)34-19-11-13-35(2)15-18(19)28/h4,6-7,9-10,14,18-19,33-34H,11-13,15H2,1-3H3,(H,32,36)/t18-,19+/m0/s1. The highest BCUT2D eigenvalue weighted by molar-refractivity contribution is 8.00. The molecule has 12 heteroatoms. The molecule has 39 heavy (non-hydrogen) atoms. The summed E-state index contributed by atoms with van der Waals surface area (Å²) in [7, 11) is 4.86. The Morgan fingerprint density at radius 3 is 2.74 bits per heavy atom. The number of ether oxygens (including phenoxy) is 1. The van der Waals surface area contributed by atoms with Gasteiger partial charge in [0.05, 0.1) is 45.5 Å². The predicted octanol–water partition coefficient (Wildman–Crippen LogP) is 5.80. The summed E-state index contributed by atoms with van der Waals surface area (Å²) in [5, 5.41) is 9.28. The molecular formula is C27H28F4N4O2S2. The van der Waals surface area contributed by atoms with Crippen LogP contribution in [0.25, 0.3) is 10.1 Å². The quantitative estimate of drug-likeness (QED) is 0.187. The number of halogens is 4. The van der Waals surface area contributed by atoms with Crippen LogP contribution in [-0.4, -0.2) is 69.4 Å². The monoisotopic (exact) mass is 580 g/mol. The molecule has 6 nitrogen and oxygen atoms in total. The Balaban J connectivity index is 1.59. The maximum absolute atomic E-state index is 14.7. The molecule has 2 aromatic carbocycles. The molecule has 0 radical (unpaired) electrons. The number of piperidine rings is 1. The number of thioether (sulfide) groups is 1. The van der Waals surface area contributed by atoms with Crippen molar-refractivity contribution in [3.05, 3.63) is 46.8 Å². The lowest BCUT2D eigenvalue weighted by Gasteiger charge is -2.33. The molecule has 1 saturated heterocycles. The van der Waals surface area contributed by atoms with Gasteiger partial charge in [-0.05, 0) is 49.5 Å². The average molecular weight is 581 g/mol. The first-order valence-electron chi connectivity index (χ1n) is 12.1. The molecule has 0 spiro atoms. The van der Waals surface area contributed by atoms with Crippen LogP contribution in [0.5, 0.6) is 5.75 Å². The minimum Gasteiger partial charge on any atom is -0.495 e. The normalized spacial score (nSPS) is 17.8. The number of hydrogen-bond donors (Lipinski definition) is 3. The van der Waals surface area contributed by atoms with E-state index in [0.717, 1.165) is 17.9 Å². The largest absolute Gasteiger partial charge is 0.495 e. The summed E-state index contributed by atoms with van der Waals surface area (Å²) in [6.45, 7) is 1.16. The molecule has 3 aromatic rings. The molecule has 1 aromatic heterocycles. The van der Waals surface area contributed by atoms with E-state index in [1.807, 2.05) is 11.9 Å². The van der Waals surface area contributed by atoms with Crippen molar-refractivity contribution in [3.63, 3.8) is 0 Å². The van der Waals surface area contributed by atoms with Crippen molar-refractivity contribution in [2.45, 2.75) is 29.0 Å². The minimum atomic E-state index is -4.50.